The molecule has 8 N–H and O–H groups in total. The van der Waals surface area contributed by atoms with E-state index >= 15 is 4.39 Å². The maximum absolute atomic E-state index is 15.1. The van der Waals surface area contributed by atoms with Crippen molar-refractivity contribution in [3.05, 3.63) is 105 Å². The number of benzene rings is 2. The first kappa shape index (κ1) is 39.8. The van der Waals surface area contributed by atoms with Crippen molar-refractivity contribution in [2.24, 2.45) is 0 Å². The lowest BCUT2D eigenvalue weighted by Gasteiger charge is -2.24. The van der Waals surface area contributed by atoms with Gasteiger partial charge >= 0.3 is 11.9 Å². The largest absolute Gasteiger partial charge is 0.480 e. The number of aromatic nitrogens is 2. The van der Waals surface area contributed by atoms with Crippen molar-refractivity contribution in [2.45, 2.75) is 44.9 Å². The van der Waals surface area contributed by atoms with E-state index < -0.39 is 59.6 Å². The molecular weight excluding hydrogens is 722 g/mol. The maximum atomic E-state index is 15.1. The van der Waals surface area contributed by atoms with Crippen LogP contribution < -0.4 is 21.3 Å². The monoisotopic (exact) mass is 756 g/mol. The van der Waals surface area contributed by atoms with Gasteiger partial charge in [-0.1, -0.05) is 53.5 Å². The van der Waals surface area contributed by atoms with Gasteiger partial charge in [-0.25, -0.2) is 9.37 Å². The summed E-state index contributed by atoms with van der Waals surface area (Å²) in [5, 5.41) is 48.3. The van der Waals surface area contributed by atoms with Crippen LogP contribution in [0, 0.1) is 12.7 Å². The molecule has 2 aromatic carbocycles. The molecule has 4 aromatic rings. The van der Waals surface area contributed by atoms with E-state index in [9.17, 15) is 39.6 Å². The number of amides is 2. The molecule has 2 aromatic heterocycles. The summed E-state index contributed by atoms with van der Waals surface area (Å²) in [7, 11) is 0. The molecular formula is C35H35Cl2FN6O8. The average Bonchev–Trinajstić information content (AvgIpc) is 3.12. The van der Waals surface area contributed by atoms with Gasteiger partial charge in [0.15, 0.2) is 11.5 Å². The van der Waals surface area contributed by atoms with Crippen molar-refractivity contribution in [3.63, 3.8) is 0 Å². The van der Waals surface area contributed by atoms with Crippen LogP contribution >= 0.6 is 23.2 Å². The fraction of sp³-hybridized carbons (Fsp3) is 0.257. The number of carboxylic acid groups (broad SMARTS) is 2. The summed E-state index contributed by atoms with van der Waals surface area (Å²) >= 11 is 13.4. The van der Waals surface area contributed by atoms with Gasteiger partial charge < -0.3 is 31.1 Å². The molecule has 2 amide bonds. The first-order valence-electron chi connectivity index (χ1n) is 15.5. The lowest BCUT2D eigenvalue weighted by molar-refractivity contribution is -0.146. The number of rotatable bonds is 15. The number of nitrogens with one attached hydrogen (secondary N) is 4. The highest BCUT2D eigenvalue weighted by Crippen LogP contribution is 2.40. The van der Waals surface area contributed by atoms with E-state index in [0.29, 0.717) is 16.7 Å². The van der Waals surface area contributed by atoms with Gasteiger partial charge in [-0.05, 0) is 56.2 Å². The van der Waals surface area contributed by atoms with Gasteiger partial charge in [0.05, 0.1) is 34.6 Å². The van der Waals surface area contributed by atoms with Crippen LogP contribution in [0.15, 0.2) is 60.8 Å². The molecule has 2 atom stereocenters. The number of nitrogens with zero attached hydrogens (tertiary/aromatic N) is 2. The van der Waals surface area contributed by atoms with E-state index in [4.69, 9.17) is 23.2 Å². The molecule has 4 rings (SSSR count). The lowest BCUT2D eigenvalue weighted by Crippen LogP contribution is -2.52. The van der Waals surface area contributed by atoms with E-state index in [1.807, 2.05) is 0 Å². The topological polar surface area (TPSA) is 223 Å². The minimum absolute atomic E-state index is 0.0420. The molecule has 0 aliphatic rings. The Bertz CT molecular complexity index is 2020. The summed E-state index contributed by atoms with van der Waals surface area (Å²) in [5.74, 6) is -4.99. The number of hydrogen-bond acceptors (Lipinski definition) is 10. The predicted octanol–water partition coefficient (Wildman–Crippen LogP) is 4.25. The summed E-state index contributed by atoms with van der Waals surface area (Å²) in [4.78, 5) is 57.3. The number of carboxylic acids is 2. The van der Waals surface area contributed by atoms with Crippen LogP contribution in [0.3, 0.4) is 0 Å². The highest BCUT2D eigenvalue weighted by molar-refractivity contribution is 6.40. The van der Waals surface area contributed by atoms with Crippen molar-refractivity contribution in [1.29, 1.82) is 0 Å². The third-order valence-corrected chi connectivity index (χ3v) is 9.07. The van der Waals surface area contributed by atoms with E-state index in [1.54, 1.807) is 36.4 Å². The van der Waals surface area contributed by atoms with Crippen LogP contribution in [0.2, 0.25) is 10.0 Å². The number of halogens is 3. The molecule has 274 valence electrons. The van der Waals surface area contributed by atoms with Crippen molar-refractivity contribution in [3.8, 4) is 11.1 Å². The Morgan fingerprint density at radius 2 is 1.31 bits per heavy atom. The predicted molar refractivity (Wildman–Crippen MR) is 191 cm³/mol. The normalized spacial score (nSPS) is 13.5. The Morgan fingerprint density at radius 3 is 1.79 bits per heavy atom. The zero-order valence-electron chi connectivity index (χ0n) is 28.1. The van der Waals surface area contributed by atoms with E-state index in [2.05, 4.69) is 31.2 Å². The van der Waals surface area contributed by atoms with E-state index in [-0.39, 0.29) is 51.5 Å². The molecule has 0 fully saturated rings. The summed E-state index contributed by atoms with van der Waals surface area (Å²) < 4.78 is 15.1. The zero-order chi connectivity index (χ0) is 38.4. The Morgan fingerprint density at radius 1 is 0.788 bits per heavy atom. The SMILES string of the molecule is Cc1nc(C(=O)Nc2cccc(-c3cccc(NC(=O)c4ccc(CN[C@@](C)(CO)C(=O)O)cn4)c3Cl)c2Cl)c(F)cc1CN[C@@](C)(CO)C(=O)O. The van der Waals surface area contributed by atoms with Crippen LogP contribution in [0.5, 0.6) is 0 Å². The van der Waals surface area contributed by atoms with Crippen LogP contribution in [0.1, 0.15) is 51.6 Å². The molecule has 0 bridgehead atoms. The summed E-state index contributed by atoms with van der Waals surface area (Å²) in [6.07, 6.45) is 1.39. The number of carbonyl (C=O) groups excluding carboxylic acids is 2. The number of carbonyl (C=O) groups is 4. The van der Waals surface area contributed by atoms with Gasteiger partial charge in [0.25, 0.3) is 11.8 Å². The highest BCUT2D eigenvalue weighted by atomic mass is 35.5. The molecule has 0 aliphatic carbocycles. The molecule has 0 saturated carbocycles. The second kappa shape index (κ2) is 16.5. The van der Waals surface area contributed by atoms with Gasteiger partial charge in [-0.2, -0.15) is 0 Å². The first-order valence-corrected chi connectivity index (χ1v) is 16.3. The Hall–Kier alpha value is -5.03. The van der Waals surface area contributed by atoms with E-state index in [0.717, 1.165) is 6.07 Å². The number of aliphatic hydroxyl groups excluding tert-OH is 2. The molecule has 0 unspecified atom stereocenters. The van der Waals surface area contributed by atoms with Gasteiger partial charge in [-0.3, -0.25) is 34.8 Å². The summed E-state index contributed by atoms with van der Waals surface area (Å²) in [5.41, 5.74) is -1.51. The van der Waals surface area contributed by atoms with Crippen LogP contribution in [-0.4, -0.2) is 78.4 Å². The third-order valence-electron chi connectivity index (χ3n) is 8.26. The van der Waals surface area contributed by atoms with Gasteiger partial charge in [0, 0.05) is 36.1 Å². The number of anilines is 2. The summed E-state index contributed by atoms with van der Waals surface area (Å²) in [6, 6.07) is 13.6. The van der Waals surface area contributed by atoms with Gasteiger partial charge in [0.2, 0.25) is 0 Å². The van der Waals surface area contributed by atoms with E-state index in [1.165, 1.54) is 39.1 Å². The Kier molecular flexibility index (Phi) is 12.6. The Balaban J connectivity index is 1.49. The molecule has 52 heavy (non-hydrogen) atoms. The quantitative estimate of drug-likeness (QED) is 0.0853. The maximum Gasteiger partial charge on any atom is 0.326 e. The van der Waals surface area contributed by atoms with Crippen molar-refractivity contribution < 1.29 is 44.0 Å². The fourth-order valence-corrected chi connectivity index (χ4v) is 5.20. The van der Waals surface area contributed by atoms with Crippen molar-refractivity contribution >= 4 is 58.3 Å². The number of pyridine rings is 2. The van der Waals surface area contributed by atoms with Crippen molar-refractivity contribution in [1.82, 2.24) is 20.6 Å². The number of aliphatic hydroxyl groups is 2. The van der Waals surface area contributed by atoms with Gasteiger partial charge in [-0.15, -0.1) is 0 Å². The summed E-state index contributed by atoms with van der Waals surface area (Å²) in [6.45, 7) is 2.73. The minimum Gasteiger partial charge on any atom is -0.480 e. The van der Waals surface area contributed by atoms with Gasteiger partial charge in [0.1, 0.15) is 16.8 Å². The average molecular weight is 758 g/mol. The second-order valence-corrected chi connectivity index (χ2v) is 12.9. The smallest absolute Gasteiger partial charge is 0.326 e. The molecule has 14 nitrogen and oxygen atoms in total. The lowest BCUT2D eigenvalue weighted by atomic mass is 10.0. The van der Waals surface area contributed by atoms with Crippen LogP contribution in [0.4, 0.5) is 15.8 Å². The molecule has 0 aliphatic heterocycles. The second-order valence-electron chi connectivity index (χ2n) is 12.2. The number of aryl methyl sites for hydroxylation is 1. The fourth-order valence-electron chi connectivity index (χ4n) is 4.65. The van der Waals surface area contributed by atoms with Crippen molar-refractivity contribution in [2.75, 3.05) is 23.8 Å². The van der Waals surface area contributed by atoms with Crippen LogP contribution in [0.25, 0.3) is 11.1 Å². The molecule has 0 spiro atoms. The molecule has 2 heterocycles. The zero-order valence-corrected chi connectivity index (χ0v) is 29.6. The van der Waals surface area contributed by atoms with Crippen LogP contribution in [-0.2, 0) is 22.7 Å². The molecule has 0 saturated heterocycles. The molecule has 0 radical (unpaired) electrons. The number of hydrogen-bond donors (Lipinski definition) is 8. The minimum atomic E-state index is -1.67. The standard InChI is InChI=1S/C35H35Cl2FN6O8/c1-18-20(15-41-35(3,17-46)33(51)52)12-23(38)29(42-18)31(48)44-25-9-5-7-22(28(25)37)21-6-4-8-24(27(21)36)43-30(47)26-11-10-19(13-39-26)14-40-34(2,16-45)32(49)50/h4-13,40-41,45-46H,14-17H2,1-3H3,(H,43,47)(H,44,48)(H,49,50)(H,51,52)/t34-,35-/m0/s1. The first-order chi connectivity index (χ1) is 24.5. The molecule has 17 heteroatoms. The third kappa shape index (κ3) is 8.88. The Labute approximate surface area is 307 Å². The number of aliphatic carboxylic acids is 2. The highest BCUT2D eigenvalue weighted by Gasteiger charge is 2.33.